The van der Waals surface area contributed by atoms with Crippen molar-refractivity contribution in [1.29, 1.82) is 0 Å². The zero-order valence-corrected chi connectivity index (χ0v) is 24.5. The summed E-state index contributed by atoms with van der Waals surface area (Å²) < 4.78 is 1.45. The molecule has 2 unspecified atom stereocenters. The maximum atomic E-state index is 12.7. The number of carbonyl (C=O) groups is 2. The molecule has 0 spiro atoms. The highest BCUT2D eigenvalue weighted by Crippen LogP contribution is 2.17. The number of hydrogen-bond donors (Lipinski definition) is 3. The minimum atomic E-state index is -0.945. The molecular formula is C28H43ClN8O3. The first kappa shape index (κ1) is 31.5. The number of piperazine rings is 1. The quantitative estimate of drug-likeness (QED) is 0.476. The van der Waals surface area contributed by atoms with Gasteiger partial charge in [-0.25, -0.2) is 9.59 Å². The second-order valence-corrected chi connectivity index (χ2v) is 11.4. The van der Waals surface area contributed by atoms with E-state index in [0.717, 1.165) is 38.9 Å². The van der Waals surface area contributed by atoms with Gasteiger partial charge in [0.05, 0.1) is 11.2 Å². The van der Waals surface area contributed by atoms with E-state index >= 15 is 0 Å². The minimum Gasteiger partial charge on any atom is -0.338 e. The Balaban J connectivity index is 0.00000441. The van der Waals surface area contributed by atoms with Gasteiger partial charge in [0.1, 0.15) is 5.82 Å². The molecule has 0 bridgehead atoms. The number of carbonyl (C=O) groups excluding carboxylic acids is 2. The number of hydrogen-bond acceptors (Lipinski definition) is 7. The van der Waals surface area contributed by atoms with Crippen LogP contribution in [-0.2, 0) is 11.2 Å². The number of halogens is 1. The predicted octanol–water partition coefficient (Wildman–Crippen LogP) is 1.67. The molecule has 2 atom stereocenters. The zero-order chi connectivity index (χ0) is 28.2. The lowest BCUT2D eigenvalue weighted by Crippen LogP contribution is -2.58. The molecule has 0 saturated carbocycles. The van der Waals surface area contributed by atoms with Crippen LogP contribution in [0.3, 0.4) is 0 Å². The number of likely N-dealkylation sites (tertiary alicyclic amines) is 1. The van der Waals surface area contributed by atoms with Gasteiger partial charge in [0, 0.05) is 45.0 Å². The SMILES string of the molecule is CC1CCN(CCc2ccc(-n3ccc(NC(=O)N4CCN(C(=O)C(C)(C)N)CC4)nc3=O)cc2)CCC1N.Cl. The fourth-order valence-electron chi connectivity index (χ4n) is 5.04. The lowest BCUT2D eigenvalue weighted by atomic mass is 9.98. The van der Waals surface area contributed by atoms with Crippen molar-refractivity contribution in [3.63, 3.8) is 0 Å². The minimum absolute atomic E-state index is 0. The van der Waals surface area contributed by atoms with Crippen LogP contribution < -0.4 is 22.5 Å². The Kier molecular flexibility index (Phi) is 10.7. The van der Waals surface area contributed by atoms with Gasteiger partial charge in [-0.3, -0.25) is 14.7 Å². The molecule has 2 aromatic rings. The zero-order valence-electron chi connectivity index (χ0n) is 23.7. The molecule has 0 aliphatic carbocycles. The molecule has 4 rings (SSSR count). The number of rotatable bonds is 6. The third-order valence-corrected chi connectivity index (χ3v) is 7.79. The van der Waals surface area contributed by atoms with E-state index in [4.69, 9.17) is 11.5 Å². The summed E-state index contributed by atoms with van der Waals surface area (Å²) in [6.07, 6.45) is 4.73. The summed E-state index contributed by atoms with van der Waals surface area (Å²) in [7, 11) is 0. The Hall–Kier alpha value is -2.99. The molecule has 2 aliphatic rings. The van der Waals surface area contributed by atoms with Crippen molar-refractivity contribution in [2.45, 2.75) is 51.6 Å². The first-order valence-corrected chi connectivity index (χ1v) is 13.8. The summed E-state index contributed by atoms with van der Waals surface area (Å²) in [4.78, 5) is 47.6. The smallest absolute Gasteiger partial charge is 0.338 e. The summed E-state index contributed by atoms with van der Waals surface area (Å²) >= 11 is 0. The second-order valence-electron chi connectivity index (χ2n) is 11.4. The monoisotopic (exact) mass is 574 g/mol. The van der Waals surface area contributed by atoms with Crippen molar-refractivity contribution in [2.75, 3.05) is 51.1 Å². The van der Waals surface area contributed by atoms with Crippen molar-refractivity contribution < 1.29 is 9.59 Å². The summed E-state index contributed by atoms with van der Waals surface area (Å²) in [6.45, 7) is 10.3. The summed E-state index contributed by atoms with van der Waals surface area (Å²) in [5.74, 6) is 0.613. The van der Waals surface area contributed by atoms with E-state index in [2.05, 4.69) is 22.1 Å². The molecule has 0 radical (unpaired) electrons. The van der Waals surface area contributed by atoms with Crippen LogP contribution in [0, 0.1) is 5.92 Å². The lowest BCUT2D eigenvalue weighted by Gasteiger charge is -2.37. The van der Waals surface area contributed by atoms with Crippen molar-refractivity contribution >= 4 is 30.2 Å². The van der Waals surface area contributed by atoms with Gasteiger partial charge in [-0.1, -0.05) is 19.1 Å². The second kappa shape index (κ2) is 13.6. The van der Waals surface area contributed by atoms with Crippen LogP contribution in [0.2, 0.25) is 0 Å². The Morgan fingerprint density at radius 3 is 2.25 bits per heavy atom. The van der Waals surface area contributed by atoms with Gasteiger partial charge in [-0.15, -0.1) is 12.4 Å². The van der Waals surface area contributed by atoms with E-state index in [9.17, 15) is 14.4 Å². The number of urea groups is 1. The third kappa shape index (κ3) is 8.03. The van der Waals surface area contributed by atoms with Crippen LogP contribution in [0.15, 0.2) is 41.3 Å². The highest BCUT2D eigenvalue weighted by atomic mass is 35.5. The Morgan fingerprint density at radius 2 is 1.62 bits per heavy atom. The van der Waals surface area contributed by atoms with Crippen LogP contribution in [0.1, 0.15) is 39.2 Å². The van der Waals surface area contributed by atoms with Crippen LogP contribution >= 0.6 is 12.4 Å². The average Bonchev–Trinajstić information content (AvgIpc) is 3.07. The first-order chi connectivity index (χ1) is 18.5. The average molecular weight is 575 g/mol. The Labute approximate surface area is 242 Å². The van der Waals surface area contributed by atoms with Crippen molar-refractivity contribution in [2.24, 2.45) is 17.4 Å². The van der Waals surface area contributed by atoms with E-state index in [1.54, 1.807) is 35.9 Å². The van der Waals surface area contributed by atoms with Gasteiger partial charge in [0.25, 0.3) is 0 Å². The number of nitrogens with two attached hydrogens (primary N) is 2. The number of benzene rings is 1. The van der Waals surface area contributed by atoms with Gasteiger partial charge >= 0.3 is 11.7 Å². The summed E-state index contributed by atoms with van der Waals surface area (Å²) in [6, 6.07) is 9.46. The van der Waals surface area contributed by atoms with E-state index in [1.165, 1.54) is 10.1 Å². The lowest BCUT2D eigenvalue weighted by molar-refractivity contribution is -0.137. The van der Waals surface area contributed by atoms with Gasteiger partial charge < -0.3 is 26.2 Å². The molecule has 2 saturated heterocycles. The van der Waals surface area contributed by atoms with E-state index in [-0.39, 0.29) is 36.2 Å². The molecule has 220 valence electrons. The highest BCUT2D eigenvalue weighted by molar-refractivity contribution is 5.89. The maximum Gasteiger partial charge on any atom is 0.354 e. The van der Waals surface area contributed by atoms with Gasteiger partial charge in [-0.05, 0) is 75.9 Å². The van der Waals surface area contributed by atoms with E-state index in [0.29, 0.717) is 37.8 Å². The number of aromatic nitrogens is 2. The van der Waals surface area contributed by atoms with Gasteiger partial charge in [-0.2, -0.15) is 4.98 Å². The van der Waals surface area contributed by atoms with Gasteiger partial charge in [0.2, 0.25) is 5.91 Å². The molecule has 40 heavy (non-hydrogen) atoms. The standard InChI is InChI=1S/C28H42N8O3.ClH/c1-20-8-12-33(14-10-23(20)29)13-9-21-4-6-22(7-5-21)36-15-11-24(32-27(36)39)31-26(38)35-18-16-34(17-19-35)25(37)28(2,3)30;/h4-7,11,15,20,23H,8-10,12-14,16-19,29-30H2,1-3H3,(H,31,32,38,39);1H. The molecular weight excluding hydrogens is 532 g/mol. The van der Waals surface area contributed by atoms with Gasteiger partial charge in [0.15, 0.2) is 0 Å². The van der Waals surface area contributed by atoms with E-state index < -0.39 is 11.2 Å². The molecule has 3 amide bonds. The Morgan fingerprint density at radius 1 is 1.00 bits per heavy atom. The van der Waals surface area contributed by atoms with E-state index in [1.807, 2.05) is 24.3 Å². The van der Waals surface area contributed by atoms with Crippen molar-refractivity contribution in [3.8, 4) is 5.69 Å². The summed E-state index contributed by atoms with van der Waals surface area (Å²) in [5.41, 5.74) is 12.6. The summed E-state index contributed by atoms with van der Waals surface area (Å²) in [5, 5.41) is 2.69. The Bertz CT molecular complexity index is 1190. The number of nitrogens with one attached hydrogen (secondary N) is 1. The predicted molar refractivity (Wildman–Crippen MR) is 159 cm³/mol. The largest absolute Gasteiger partial charge is 0.354 e. The normalized spacial score (nSPS) is 20.4. The number of nitrogens with zero attached hydrogens (tertiary/aromatic N) is 5. The molecule has 12 heteroatoms. The molecule has 11 nitrogen and oxygen atoms in total. The molecule has 1 aromatic heterocycles. The van der Waals surface area contributed by atoms with Crippen molar-refractivity contribution in [1.82, 2.24) is 24.3 Å². The topological polar surface area (TPSA) is 143 Å². The molecule has 2 fully saturated rings. The molecule has 1 aromatic carbocycles. The molecule has 2 aliphatic heterocycles. The maximum absolute atomic E-state index is 12.7. The third-order valence-electron chi connectivity index (χ3n) is 7.79. The number of anilines is 1. The van der Waals surface area contributed by atoms with Crippen LogP contribution in [0.5, 0.6) is 0 Å². The van der Waals surface area contributed by atoms with Crippen LogP contribution in [0.25, 0.3) is 5.69 Å². The van der Waals surface area contributed by atoms with Crippen LogP contribution in [-0.4, -0.2) is 93.6 Å². The molecule has 5 N–H and O–H groups in total. The number of amides is 3. The van der Waals surface area contributed by atoms with Crippen LogP contribution in [0.4, 0.5) is 10.6 Å². The first-order valence-electron chi connectivity index (χ1n) is 13.8. The van der Waals surface area contributed by atoms with Crippen molar-refractivity contribution in [3.05, 3.63) is 52.6 Å². The fourth-order valence-corrected chi connectivity index (χ4v) is 5.04. The fraction of sp³-hybridized carbons (Fsp3) is 0.571. The molecule has 3 heterocycles. The highest BCUT2D eigenvalue weighted by Gasteiger charge is 2.31.